The van der Waals surface area contributed by atoms with Crippen LogP contribution in [-0.4, -0.2) is 14.5 Å². The number of nitrogens with one attached hydrogen (secondary N) is 1. The van der Waals surface area contributed by atoms with Gasteiger partial charge < -0.3 is 5.73 Å². The average molecular weight is 300 g/mol. The summed E-state index contributed by atoms with van der Waals surface area (Å²) in [6.07, 6.45) is 3.58. The lowest BCUT2D eigenvalue weighted by Gasteiger charge is -2.34. The molecule has 0 bridgehead atoms. The second-order valence-electron chi connectivity index (χ2n) is 6.24. The molecule has 20 heavy (non-hydrogen) atoms. The van der Waals surface area contributed by atoms with E-state index < -0.39 is 15.8 Å². The number of hydrogen-bond acceptors (Lipinski definition) is 3. The number of anilines is 1. The highest BCUT2D eigenvalue weighted by molar-refractivity contribution is 7.89. The van der Waals surface area contributed by atoms with Crippen LogP contribution in [0.25, 0.3) is 0 Å². The van der Waals surface area contributed by atoms with E-state index in [4.69, 9.17) is 5.73 Å². The van der Waals surface area contributed by atoms with Gasteiger partial charge in [-0.25, -0.2) is 17.5 Å². The molecule has 1 aromatic carbocycles. The van der Waals surface area contributed by atoms with E-state index in [9.17, 15) is 12.8 Å². The van der Waals surface area contributed by atoms with Gasteiger partial charge in [0.2, 0.25) is 10.0 Å². The van der Waals surface area contributed by atoms with Crippen LogP contribution in [0, 0.1) is 11.2 Å². The first-order valence-electron chi connectivity index (χ1n) is 6.77. The second-order valence-corrected chi connectivity index (χ2v) is 7.96. The van der Waals surface area contributed by atoms with Gasteiger partial charge in [0.25, 0.3) is 0 Å². The highest BCUT2D eigenvalue weighted by atomic mass is 32.2. The molecular formula is C14H21FN2O2S. The molecule has 0 spiro atoms. The summed E-state index contributed by atoms with van der Waals surface area (Å²) in [7, 11) is -3.68. The molecule has 0 atom stereocenters. The SMILES string of the molecule is CC1(C)CCC(NS(=O)(=O)c2ccc(N)c(F)c2)CC1. The minimum Gasteiger partial charge on any atom is -0.396 e. The van der Waals surface area contributed by atoms with Gasteiger partial charge >= 0.3 is 0 Å². The average Bonchev–Trinajstić information content (AvgIpc) is 2.35. The first kappa shape index (κ1) is 15.3. The van der Waals surface area contributed by atoms with Crippen LogP contribution in [0.3, 0.4) is 0 Å². The van der Waals surface area contributed by atoms with Gasteiger partial charge in [-0.15, -0.1) is 0 Å². The van der Waals surface area contributed by atoms with Crippen molar-refractivity contribution in [3.05, 3.63) is 24.0 Å². The van der Waals surface area contributed by atoms with Crippen molar-refractivity contribution in [2.75, 3.05) is 5.73 Å². The van der Waals surface area contributed by atoms with Crippen LogP contribution >= 0.6 is 0 Å². The second kappa shape index (κ2) is 5.33. The molecule has 4 nitrogen and oxygen atoms in total. The summed E-state index contributed by atoms with van der Waals surface area (Å²) in [5.41, 5.74) is 5.58. The van der Waals surface area contributed by atoms with Crippen LogP contribution in [0.4, 0.5) is 10.1 Å². The molecule has 0 amide bonds. The summed E-state index contributed by atoms with van der Waals surface area (Å²) in [4.78, 5) is -0.0750. The largest absolute Gasteiger partial charge is 0.396 e. The number of halogens is 1. The van der Waals surface area contributed by atoms with Crippen molar-refractivity contribution >= 4 is 15.7 Å². The minimum atomic E-state index is -3.68. The number of rotatable bonds is 3. The van der Waals surface area contributed by atoms with Crippen LogP contribution in [0.15, 0.2) is 23.1 Å². The predicted molar refractivity (Wildman–Crippen MR) is 77.2 cm³/mol. The molecule has 112 valence electrons. The monoisotopic (exact) mass is 300 g/mol. The van der Waals surface area contributed by atoms with Gasteiger partial charge in [0.15, 0.2) is 0 Å². The molecule has 0 heterocycles. The first-order valence-corrected chi connectivity index (χ1v) is 8.25. The molecule has 0 aliphatic heterocycles. The van der Waals surface area contributed by atoms with E-state index in [0.29, 0.717) is 0 Å². The smallest absolute Gasteiger partial charge is 0.240 e. The number of benzene rings is 1. The quantitative estimate of drug-likeness (QED) is 0.843. The van der Waals surface area contributed by atoms with Gasteiger partial charge in [0, 0.05) is 6.04 Å². The van der Waals surface area contributed by atoms with E-state index in [-0.39, 0.29) is 22.0 Å². The Bertz CT molecular complexity index is 589. The Kier molecular flexibility index (Phi) is 4.07. The van der Waals surface area contributed by atoms with E-state index in [1.165, 1.54) is 12.1 Å². The Balaban J connectivity index is 2.10. The number of hydrogen-bond donors (Lipinski definition) is 2. The summed E-state index contributed by atoms with van der Waals surface area (Å²) in [5, 5.41) is 0. The number of sulfonamides is 1. The van der Waals surface area contributed by atoms with E-state index in [1.54, 1.807) is 0 Å². The van der Waals surface area contributed by atoms with Crippen molar-refractivity contribution < 1.29 is 12.8 Å². The first-order chi connectivity index (χ1) is 9.20. The van der Waals surface area contributed by atoms with Gasteiger partial charge in [-0.3, -0.25) is 0 Å². The molecular weight excluding hydrogens is 279 g/mol. The van der Waals surface area contributed by atoms with Crippen molar-refractivity contribution in [3.63, 3.8) is 0 Å². The van der Waals surface area contributed by atoms with Crippen molar-refractivity contribution in [2.45, 2.75) is 50.5 Å². The minimum absolute atomic E-state index is 0.0524. The Hall–Kier alpha value is -1.14. The molecule has 6 heteroatoms. The van der Waals surface area contributed by atoms with E-state index in [2.05, 4.69) is 18.6 Å². The zero-order chi connectivity index (χ0) is 15.0. The molecule has 3 N–H and O–H groups in total. The molecule has 0 unspecified atom stereocenters. The molecule has 1 aromatic rings. The van der Waals surface area contributed by atoms with Crippen molar-refractivity contribution in [1.82, 2.24) is 4.72 Å². The molecule has 1 fully saturated rings. The van der Waals surface area contributed by atoms with Crippen molar-refractivity contribution in [3.8, 4) is 0 Å². The lowest BCUT2D eigenvalue weighted by molar-refractivity contribution is 0.218. The third-order valence-corrected chi connectivity index (χ3v) is 5.46. The summed E-state index contributed by atoms with van der Waals surface area (Å²) in [6.45, 7) is 4.38. The van der Waals surface area contributed by atoms with Crippen LogP contribution < -0.4 is 10.5 Å². The van der Waals surface area contributed by atoms with E-state index >= 15 is 0 Å². The number of nitrogens with two attached hydrogens (primary N) is 1. The van der Waals surface area contributed by atoms with Gasteiger partial charge in [-0.2, -0.15) is 0 Å². The Morgan fingerprint density at radius 2 is 1.90 bits per heavy atom. The summed E-state index contributed by atoms with van der Waals surface area (Å²) >= 11 is 0. The van der Waals surface area contributed by atoms with Crippen LogP contribution in [-0.2, 0) is 10.0 Å². The maximum absolute atomic E-state index is 13.4. The topological polar surface area (TPSA) is 72.2 Å². The fraction of sp³-hybridized carbons (Fsp3) is 0.571. The third kappa shape index (κ3) is 3.49. The fourth-order valence-electron chi connectivity index (χ4n) is 2.48. The highest BCUT2D eigenvalue weighted by Gasteiger charge is 2.29. The van der Waals surface area contributed by atoms with Gasteiger partial charge in [-0.05, 0) is 49.3 Å². The molecule has 0 saturated heterocycles. The number of nitrogen functional groups attached to an aromatic ring is 1. The summed E-state index contributed by atoms with van der Waals surface area (Å²) in [5.74, 6) is -0.711. The van der Waals surface area contributed by atoms with E-state index in [1.807, 2.05) is 0 Å². The summed E-state index contributed by atoms with van der Waals surface area (Å²) < 4.78 is 40.4. The van der Waals surface area contributed by atoms with Crippen molar-refractivity contribution in [1.29, 1.82) is 0 Å². The lowest BCUT2D eigenvalue weighted by atomic mass is 9.76. The van der Waals surface area contributed by atoms with E-state index in [0.717, 1.165) is 31.7 Å². The van der Waals surface area contributed by atoms with Gasteiger partial charge in [0.1, 0.15) is 5.82 Å². The van der Waals surface area contributed by atoms with Crippen molar-refractivity contribution in [2.24, 2.45) is 5.41 Å². The standard InChI is InChI=1S/C14H21FN2O2S/c1-14(2)7-5-10(6-8-14)17-20(18,19)11-3-4-13(16)12(15)9-11/h3-4,9-10,17H,5-8,16H2,1-2H3. The normalized spacial score (nSPS) is 19.9. The summed E-state index contributed by atoms with van der Waals surface area (Å²) in [6, 6.07) is 3.49. The van der Waals surface area contributed by atoms with Crippen LogP contribution in [0.2, 0.25) is 0 Å². The van der Waals surface area contributed by atoms with Crippen LogP contribution in [0.1, 0.15) is 39.5 Å². The highest BCUT2D eigenvalue weighted by Crippen LogP contribution is 2.35. The zero-order valence-corrected chi connectivity index (χ0v) is 12.6. The molecule has 1 aliphatic rings. The molecule has 1 aliphatic carbocycles. The zero-order valence-electron chi connectivity index (χ0n) is 11.8. The Morgan fingerprint density at radius 3 is 2.45 bits per heavy atom. The third-order valence-electron chi connectivity index (χ3n) is 3.94. The van der Waals surface area contributed by atoms with Gasteiger partial charge in [0.05, 0.1) is 10.6 Å². The van der Waals surface area contributed by atoms with Gasteiger partial charge in [-0.1, -0.05) is 13.8 Å². The molecule has 0 radical (unpaired) electrons. The molecule has 2 rings (SSSR count). The van der Waals surface area contributed by atoms with Crippen LogP contribution in [0.5, 0.6) is 0 Å². The Labute approximate surface area is 119 Å². The Morgan fingerprint density at radius 1 is 1.30 bits per heavy atom. The fourth-order valence-corrected chi connectivity index (χ4v) is 3.80. The molecule has 0 aromatic heterocycles. The maximum Gasteiger partial charge on any atom is 0.240 e. The molecule has 1 saturated carbocycles. The maximum atomic E-state index is 13.4. The lowest BCUT2D eigenvalue weighted by Crippen LogP contribution is -2.39. The predicted octanol–water partition coefficient (Wildman–Crippen LogP) is 2.66.